The molecule has 0 spiro atoms. The van der Waals surface area contributed by atoms with Gasteiger partial charge in [-0.25, -0.2) is 13.4 Å². The van der Waals surface area contributed by atoms with Crippen LogP contribution in [-0.4, -0.2) is 66.2 Å². The standard InChI is InChI=1S/C24H25N5O4S2/c30-22(17-29-11-9-18-3-1-2-4-21(18)29)23(31)28-14-12-27(13-15-28)19-5-7-20(8-6-19)35(32,33)26-24-25-10-16-34-24/h1-11,16,22,30H,12-15,17H2,(H,25,26)/t22-/m0/s1. The van der Waals surface area contributed by atoms with Crippen molar-refractivity contribution in [3.8, 4) is 0 Å². The molecular weight excluding hydrogens is 486 g/mol. The zero-order chi connectivity index (χ0) is 24.4. The summed E-state index contributed by atoms with van der Waals surface area (Å²) >= 11 is 1.21. The van der Waals surface area contributed by atoms with E-state index in [2.05, 4.69) is 14.6 Å². The molecule has 0 bridgehead atoms. The van der Waals surface area contributed by atoms with Crippen LogP contribution in [0.3, 0.4) is 0 Å². The number of nitrogens with one attached hydrogen (secondary N) is 1. The monoisotopic (exact) mass is 511 g/mol. The van der Waals surface area contributed by atoms with Gasteiger partial charge in [0.2, 0.25) is 0 Å². The average molecular weight is 512 g/mol. The highest BCUT2D eigenvalue weighted by Gasteiger charge is 2.27. The molecular formula is C24H25N5O4S2. The van der Waals surface area contributed by atoms with Crippen molar-refractivity contribution in [1.82, 2.24) is 14.5 Å². The van der Waals surface area contributed by atoms with Crippen LogP contribution in [0.5, 0.6) is 0 Å². The van der Waals surface area contributed by atoms with Gasteiger partial charge in [0.1, 0.15) is 0 Å². The topological polar surface area (TPSA) is 108 Å². The van der Waals surface area contributed by atoms with Crippen LogP contribution in [0.1, 0.15) is 0 Å². The first-order valence-electron chi connectivity index (χ1n) is 11.2. The summed E-state index contributed by atoms with van der Waals surface area (Å²) < 4.78 is 29.4. The number of benzene rings is 2. The molecule has 2 aromatic heterocycles. The SMILES string of the molecule is O=C([C@@H](O)Cn1ccc2ccccc21)N1CCN(c2ccc(S(=O)(=O)Nc3nccs3)cc2)CC1. The van der Waals surface area contributed by atoms with Crippen molar-refractivity contribution >= 4 is 49.0 Å². The van der Waals surface area contributed by atoms with Gasteiger partial charge in [-0.1, -0.05) is 18.2 Å². The number of nitrogens with zero attached hydrogens (tertiary/aromatic N) is 4. The van der Waals surface area contributed by atoms with Crippen LogP contribution in [0.25, 0.3) is 10.9 Å². The van der Waals surface area contributed by atoms with Crippen LogP contribution >= 0.6 is 11.3 Å². The third kappa shape index (κ3) is 5.02. The van der Waals surface area contributed by atoms with E-state index < -0.39 is 16.1 Å². The highest BCUT2D eigenvalue weighted by atomic mass is 32.2. The van der Waals surface area contributed by atoms with Gasteiger partial charge in [-0.15, -0.1) is 11.3 Å². The minimum Gasteiger partial charge on any atom is -0.381 e. The number of amides is 1. The average Bonchev–Trinajstić information content (AvgIpc) is 3.53. The Hall–Kier alpha value is -3.41. The quantitative estimate of drug-likeness (QED) is 0.395. The number of hydrogen-bond donors (Lipinski definition) is 2. The van der Waals surface area contributed by atoms with Crippen molar-refractivity contribution in [2.24, 2.45) is 0 Å². The molecule has 1 aliphatic heterocycles. The Morgan fingerprint density at radius 2 is 1.80 bits per heavy atom. The lowest BCUT2D eigenvalue weighted by atomic mass is 10.2. The lowest BCUT2D eigenvalue weighted by Gasteiger charge is -2.37. The first kappa shape index (κ1) is 23.3. The molecule has 1 amide bonds. The number of fused-ring (bicyclic) bond motifs is 1. The van der Waals surface area contributed by atoms with Gasteiger partial charge in [0, 0.05) is 55.2 Å². The van der Waals surface area contributed by atoms with Gasteiger partial charge in [0.15, 0.2) is 11.2 Å². The number of rotatable bonds is 7. The van der Waals surface area contributed by atoms with E-state index in [-0.39, 0.29) is 17.3 Å². The highest BCUT2D eigenvalue weighted by molar-refractivity contribution is 7.93. The first-order chi connectivity index (χ1) is 16.9. The Balaban J connectivity index is 1.17. The van der Waals surface area contributed by atoms with Crippen molar-refractivity contribution in [1.29, 1.82) is 0 Å². The molecule has 3 heterocycles. The van der Waals surface area contributed by atoms with Crippen molar-refractivity contribution in [2.45, 2.75) is 17.5 Å². The molecule has 0 aliphatic carbocycles. The number of hydrogen-bond acceptors (Lipinski definition) is 7. The van der Waals surface area contributed by atoms with E-state index in [1.165, 1.54) is 17.5 Å². The maximum Gasteiger partial charge on any atom is 0.263 e. The predicted molar refractivity (Wildman–Crippen MR) is 136 cm³/mol. The summed E-state index contributed by atoms with van der Waals surface area (Å²) in [5.41, 5.74) is 1.86. The number of anilines is 2. The second-order valence-electron chi connectivity index (χ2n) is 8.29. The van der Waals surface area contributed by atoms with E-state index in [0.29, 0.717) is 31.3 Å². The molecule has 0 unspecified atom stereocenters. The van der Waals surface area contributed by atoms with Gasteiger partial charge in [0.25, 0.3) is 15.9 Å². The second kappa shape index (κ2) is 9.68. The molecule has 0 saturated carbocycles. The van der Waals surface area contributed by atoms with Gasteiger partial charge >= 0.3 is 0 Å². The van der Waals surface area contributed by atoms with Crippen molar-refractivity contribution < 1.29 is 18.3 Å². The van der Waals surface area contributed by atoms with Gasteiger partial charge in [-0.05, 0) is 41.8 Å². The number of aromatic nitrogens is 2. The third-order valence-corrected chi connectivity index (χ3v) is 8.27. The van der Waals surface area contributed by atoms with Crippen LogP contribution in [-0.2, 0) is 21.4 Å². The Bertz CT molecular complexity index is 1410. The summed E-state index contributed by atoms with van der Waals surface area (Å²) in [5, 5.41) is 13.7. The summed E-state index contributed by atoms with van der Waals surface area (Å²) in [7, 11) is -3.70. The molecule has 1 fully saturated rings. The third-order valence-electron chi connectivity index (χ3n) is 6.09. The number of sulfonamides is 1. The summed E-state index contributed by atoms with van der Waals surface area (Å²) in [6, 6.07) is 16.5. The number of aliphatic hydroxyl groups excluding tert-OH is 1. The van der Waals surface area contributed by atoms with E-state index >= 15 is 0 Å². The normalized spacial score (nSPS) is 15.3. The summed E-state index contributed by atoms with van der Waals surface area (Å²) in [6.45, 7) is 2.35. The number of carbonyl (C=O) groups excluding carboxylic acids is 1. The molecule has 1 atom stereocenters. The highest BCUT2D eigenvalue weighted by Crippen LogP contribution is 2.23. The fourth-order valence-corrected chi connectivity index (χ4v) is 6.03. The second-order valence-corrected chi connectivity index (χ2v) is 10.9. The molecule has 5 rings (SSSR count). The van der Waals surface area contributed by atoms with Crippen LogP contribution in [0.15, 0.2) is 77.3 Å². The minimum atomic E-state index is -3.70. The number of aliphatic hydroxyl groups is 1. The van der Waals surface area contributed by atoms with E-state index in [0.717, 1.165) is 16.6 Å². The van der Waals surface area contributed by atoms with Gasteiger partial charge < -0.3 is 19.5 Å². The van der Waals surface area contributed by atoms with Crippen molar-refractivity contribution in [3.05, 3.63) is 72.4 Å². The number of carbonyl (C=O) groups is 1. The Morgan fingerprint density at radius 3 is 2.51 bits per heavy atom. The van der Waals surface area contributed by atoms with Gasteiger partial charge in [-0.2, -0.15) is 0 Å². The van der Waals surface area contributed by atoms with Crippen LogP contribution < -0.4 is 9.62 Å². The number of para-hydroxylation sites is 1. The maximum absolute atomic E-state index is 12.9. The Labute approximate surface area is 207 Å². The summed E-state index contributed by atoms with van der Waals surface area (Å²) in [6.07, 6.45) is 2.31. The molecule has 2 N–H and O–H groups in total. The van der Waals surface area contributed by atoms with Crippen molar-refractivity contribution in [3.63, 3.8) is 0 Å². The number of thiazole rings is 1. The van der Waals surface area contributed by atoms with Crippen LogP contribution in [0.4, 0.5) is 10.8 Å². The van der Waals surface area contributed by atoms with Crippen LogP contribution in [0, 0.1) is 0 Å². The lowest BCUT2D eigenvalue weighted by molar-refractivity contribution is -0.141. The van der Waals surface area contributed by atoms with Gasteiger partial charge in [-0.3, -0.25) is 9.52 Å². The molecule has 0 radical (unpaired) electrons. The van der Waals surface area contributed by atoms with Crippen LogP contribution in [0.2, 0.25) is 0 Å². The van der Waals surface area contributed by atoms with Gasteiger partial charge in [0.05, 0.1) is 11.4 Å². The van der Waals surface area contributed by atoms with E-state index in [9.17, 15) is 18.3 Å². The number of piperazine rings is 1. The maximum atomic E-state index is 12.9. The molecule has 182 valence electrons. The van der Waals surface area contributed by atoms with E-state index in [1.54, 1.807) is 34.5 Å². The fourth-order valence-electron chi connectivity index (χ4n) is 4.24. The molecule has 1 saturated heterocycles. The smallest absolute Gasteiger partial charge is 0.263 e. The molecule has 11 heteroatoms. The molecule has 4 aromatic rings. The Kier molecular flexibility index (Phi) is 6.46. The largest absolute Gasteiger partial charge is 0.381 e. The lowest BCUT2D eigenvalue weighted by Crippen LogP contribution is -2.52. The fraction of sp³-hybridized carbons (Fsp3) is 0.250. The zero-order valence-corrected chi connectivity index (χ0v) is 20.5. The molecule has 1 aliphatic rings. The molecule has 2 aromatic carbocycles. The summed E-state index contributed by atoms with van der Waals surface area (Å²) in [5.74, 6) is -0.280. The predicted octanol–water partition coefficient (Wildman–Crippen LogP) is 2.61. The van der Waals surface area contributed by atoms with E-state index in [1.807, 2.05) is 41.1 Å². The van der Waals surface area contributed by atoms with E-state index in [4.69, 9.17) is 0 Å². The minimum absolute atomic E-state index is 0.158. The Morgan fingerprint density at radius 1 is 1.06 bits per heavy atom. The molecule has 9 nitrogen and oxygen atoms in total. The summed E-state index contributed by atoms with van der Waals surface area (Å²) in [4.78, 5) is 20.7. The van der Waals surface area contributed by atoms with Crippen molar-refractivity contribution in [2.75, 3.05) is 35.8 Å². The zero-order valence-electron chi connectivity index (χ0n) is 18.8. The molecule has 35 heavy (non-hydrogen) atoms. The first-order valence-corrected chi connectivity index (χ1v) is 13.5.